The van der Waals surface area contributed by atoms with E-state index in [0.29, 0.717) is 26.1 Å². The van der Waals surface area contributed by atoms with E-state index in [1.807, 2.05) is 62.4 Å². The van der Waals surface area contributed by atoms with Gasteiger partial charge in [0.2, 0.25) is 11.8 Å². The molecule has 1 N–H and O–H groups in total. The first-order chi connectivity index (χ1) is 12.6. The van der Waals surface area contributed by atoms with Gasteiger partial charge in [0.05, 0.1) is 13.0 Å². The summed E-state index contributed by atoms with van der Waals surface area (Å²) in [5, 5.41) is 2.97. The molecule has 1 aliphatic rings. The van der Waals surface area contributed by atoms with Gasteiger partial charge >= 0.3 is 0 Å². The van der Waals surface area contributed by atoms with Crippen LogP contribution in [0.1, 0.15) is 36.6 Å². The minimum Gasteiger partial charge on any atom is -0.494 e. The van der Waals surface area contributed by atoms with Gasteiger partial charge in [0.15, 0.2) is 0 Å². The second-order valence-corrected chi connectivity index (χ2v) is 6.25. The minimum atomic E-state index is -0.569. The topological polar surface area (TPSA) is 58.6 Å². The first-order valence-corrected chi connectivity index (χ1v) is 9.00. The van der Waals surface area contributed by atoms with E-state index in [-0.39, 0.29) is 11.8 Å². The number of carbonyl (C=O) groups is 2. The van der Waals surface area contributed by atoms with E-state index in [9.17, 15) is 9.59 Å². The number of fused-ring (bicyclic) bond motifs is 1. The van der Waals surface area contributed by atoms with Gasteiger partial charge in [0.25, 0.3) is 0 Å². The Morgan fingerprint density at radius 1 is 1.15 bits per heavy atom. The lowest BCUT2D eigenvalue weighted by Gasteiger charge is -2.35. The number of nitrogens with one attached hydrogen (secondary N) is 1. The number of hydrogen-bond donors (Lipinski definition) is 1. The average Bonchev–Trinajstić information content (AvgIpc) is 2.66. The molecule has 0 saturated carbocycles. The first-order valence-electron chi connectivity index (χ1n) is 9.00. The van der Waals surface area contributed by atoms with Gasteiger partial charge in [-0.2, -0.15) is 0 Å². The Bertz CT molecular complexity index is 786. The van der Waals surface area contributed by atoms with Gasteiger partial charge in [0.1, 0.15) is 11.8 Å². The van der Waals surface area contributed by atoms with Crippen LogP contribution in [0.15, 0.2) is 48.5 Å². The summed E-state index contributed by atoms with van der Waals surface area (Å²) >= 11 is 0. The molecule has 26 heavy (non-hydrogen) atoms. The van der Waals surface area contributed by atoms with Crippen LogP contribution < -0.4 is 10.1 Å². The zero-order valence-corrected chi connectivity index (χ0v) is 15.2. The van der Waals surface area contributed by atoms with E-state index >= 15 is 0 Å². The summed E-state index contributed by atoms with van der Waals surface area (Å²) in [5.74, 6) is 0.653. The molecule has 0 aromatic heterocycles. The van der Waals surface area contributed by atoms with Crippen molar-refractivity contribution in [3.63, 3.8) is 0 Å². The molecule has 2 aromatic rings. The third-order valence-corrected chi connectivity index (χ3v) is 4.61. The van der Waals surface area contributed by atoms with E-state index in [4.69, 9.17) is 4.74 Å². The van der Waals surface area contributed by atoms with Crippen LogP contribution in [0, 0.1) is 0 Å². The summed E-state index contributed by atoms with van der Waals surface area (Å²) in [4.78, 5) is 26.9. The zero-order valence-electron chi connectivity index (χ0n) is 15.2. The largest absolute Gasteiger partial charge is 0.494 e. The van der Waals surface area contributed by atoms with Crippen molar-refractivity contribution in [2.75, 3.05) is 13.2 Å². The molecule has 0 spiro atoms. The number of rotatable bonds is 6. The Labute approximate surface area is 154 Å². The molecule has 0 bridgehead atoms. The smallest absolute Gasteiger partial charge is 0.247 e. The fourth-order valence-electron chi connectivity index (χ4n) is 3.34. The molecular weight excluding hydrogens is 328 g/mol. The van der Waals surface area contributed by atoms with Crippen LogP contribution in [0.3, 0.4) is 0 Å². The lowest BCUT2D eigenvalue weighted by molar-refractivity contribution is -0.141. The van der Waals surface area contributed by atoms with E-state index in [1.54, 1.807) is 4.90 Å². The van der Waals surface area contributed by atoms with Crippen LogP contribution in [-0.4, -0.2) is 29.9 Å². The standard InChI is InChI=1S/C21H24N2O3/c1-3-23-19(24)13-16-7-5-6-8-18(16)20(23)21(25)22-14-15-9-11-17(12-10-15)26-4-2/h5-12,20H,3-4,13-14H2,1-2H3,(H,22,25). The number of ether oxygens (including phenoxy) is 1. The lowest BCUT2D eigenvalue weighted by Crippen LogP contribution is -2.47. The van der Waals surface area contributed by atoms with Gasteiger partial charge in [-0.05, 0) is 42.7 Å². The molecule has 0 fully saturated rings. The van der Waals surface area contributed by atoms with Crippen molar-refractivity contribution in [2.45, 2.75) is 32.9 Å². The van der Waals surface area contributed by atoms with Crippen molar-refractivity contribution in [3.05, 3.63) is 65.2 Å². The number of benzene rings is 2. The highest BCUT2D eigenvalue weighted by atomic mass is 16.5. The number of amides is 2. The maximum absolute atomic E-state index is 12.9. The van der Waals surface area contributed by atoms with Crippen LogP contribution >= 0.6 is 0 Å². The van der Waals surface area contributed by atoms with Gasteiger partial charge in [-0.1, -0.05) is 36.4 Å². The summed E-state index contributed by atoms with van der Waals surface area (Å²) < 4.78 is 5.43. The number of nitrogens with zero attached hydrogens (tertiary/aromatic N) is 1. The van der Waals surface area contributed by atoms with Crippen LogP contribution in [0.5, 0.6) is 5.75 Å². The van der Waals surface area contributed by atoms with Crippen molar-refractivity contribution >= 4 is 11.8 Å². The van der Waals surface area contributed by atoms with E-state index in [0.717, 1.165) is 22.4 Å². The van der Waals surface area contributed by atoms with Crippen molar-refractivity contribution in [2.24, 2.45) is 0 Å². The fraction of sp³-hybridized carbons (Fsp3) is 0.333. The molecule has 0 radical (unpaired) electrons. The van der Waals surface area contributed by atoms with Gasteiger partial charge in [0, 0.05) is 13.1 Å². The molecule has 1 unspecified atom stereocenters. The number of likely N-dealkylation sites (N-methyl/N-ethyl adjacent to an activating group) is 1. The van der Waals surface area contributed by atoms with Crippen molar-refractivity contribution in [1.82, 2.24) is 10.2 Å². The first kappa shape index (κ1) is 18.0. The Balaban J connectivity index is 1.74. The Morgan fingerprint density at radius 2 is 1.88 bits per heavy atom. The molecule has 1 heterocycles. The molecular formula is C21H24N2O3. The van der Waals surface area contributed by atoms with Crippen molar-refractivity contribution < 1.29 is 14.3 Å². The predicted molar refractivity (Wildman–Crippen MR) is 99.7 cm³/mol. The fourth-order valence-corrected chi connectivity index (χ4v) is 3.34. The molecule has 136 valence electrons. The third kappa shape index (κ3) is 3.72. The number of hydrogen-bond acceptors (Lipinski definition) is 3. The monoisotopic (exact) mass is 352 g/mol. The molecule has 0 aliphatic carbocycles. The molecule has 2 aromatic carbocycles. The lowest BCUT2D eigenvalue weighted by atomic mass is 9.91. The Kier molecular flexibility index (Phi) is 5.56. The zero-order chi connectivity index (χ0) is 18.5. The summed E-state index contributed by atoms with van der Waals surface area (Å²) in [6.07, 6.45) is 0.354. The van der Waals surface area contributed by atoms with Crippen molar-refractivity contribution in [3.8, 4) is 5.75 Å². The van der Waals surface area contributed by atoms with Gasteiger partial charge in [-0.3, -0.25) is 9.59 Å². The maximum atomic E-state index is 12.9. The highest BCUT2D eigenvalue weighted by Crippen LogP contribution is 2.30. The van der Waals surface area contributed by atoms with Crippen LogP contribution in [0.4, 0.5) is 0 Å². The van der Waals surface area contributed by atoms with Gasteiger partial charge in [-0.25, -0.2) is 0 Å². The van der Waals surface area contributed by atoms with Crippen LogP contribution in [-0.2, 0) is 22.6 Å². The third-order valence-electron chi connectivity index (χ3n) is 4.61. The second kappa shape index (κ2) is 8.04. The molecule has 2 amide bonds. The predicted octanol–water partition coefficient (Wildman–Crippen LogP) is 2.85. The maximum Gasteiger partial charge on any atom is 0.247 e. The summed E-state index contributed by atoms with van der Waals surface area (Å²) in [6, 6.07) is 14.8. The number of carbonyl (C=O) groups excluding carboxylic acids is 2. The summed E-state index contributed by atoms with van der Waals surface area (Å²) in [5.41, 5.74) is 2.84. The molecule has 0 saturated heterocycles. The minimum absolute atomic E-state index is 0.00702. The molecule has 5 nitrogen and oxygen atoms in total. The van der Waals surface area contributed by atoms with E-state index in [2.05, 4.69) is 5.32 Å². The molecule has 1 atom stereocenters. The summed E-state index contributed by atoms with van der Waals surface area (Å²) in [6.45, 7) is 5.39. The second-order valence-electron chi connectivity index (χ2n) is 6.25. The highest BCUT2D eigenvalue weighted by molar-refractivity contribution is 5.92. The summed E-state index contributed by atoms with van der Waals surface area (Å²) in [7, 11) is 0. The normalized spacial score (nSPS) is 16.2. The highest BCUT2D eigenvalue weighted by Gasteiger charge is 2.35. The van der Waals surface area contributed by atoms with Crippen molar-refractivity contribution in [1.29, 1.82) is 0 Å². The van der Waals surface area contributed by atoms with Crippen LogP contribution in [0.25, 0.3) is 0 Å². The van der Waals surface area contributed by atoms with E-state index in [1.165, 1.54) is 0 Å². The Morgan fingerprint density at radius 3 is 2.58 bits per heavy atom. The van der Waals surface area contributed by atoms with E-state index < -0.39 is 6.04 Å². The molecule has 1 aliphatic heterocycles. The van der Waals surface area contributed by atoms with Crippen LogP contribution in [0.2, 0.25) is 0 Å². The quantitative estimate of drug-likeness (QED) is 0.870. The Hall–Kier alpha value is -2.82. The van der Waals surface area contributed by atoms with Gasteiger partial charge < -0.3 is 15.0 Å². The SMILES string of the molecule is CCOc1ccc(CNC(=O)C2c3ccccc3CC(=O)N2CC)cc1. The average molecular weight is 352 g/mol. The van der Waals surface area contributed by atoms with Gasteiger partial charge in [-0.15, -0.1) is 0 Å². The molecule has 5 heteroatoms. The molecule has 3 rings (SSSR count).